The largest absolute Gasteiger partial charge is 0.394 e. The van der Waals surface area contributed by atoms with Crippen LogP contribution in [-0.4, -0.2) is 76.1 Å². The smallest absolute Gasteiger partial charge is 0.187 e. The molecule has 5 unspecified atom stereocenters. The molecule has 108 valence electrons. The van der Waals surface area contributed by atoms with Crippen LogP contribution in [0.15, 0.2) is 11.6 Å². The van der Waals surface area contributed by atoms with Gasteiger partial charge in [-0.25, -0.2) is 0 Å². The molecule has 0 radical (unpaired) electrons. The molecular formula is C11H17NO7. The van der Waals surface area contributed by atoms with E-state index in [1.165, 1.54) is 6.08 Å². The van der Waals surface area contributed by atoms with Gasteiger partial charge in [0, 0.05) is 0 Å². The maximum atomic E-state index is 9.62. The van der Waals surface area contributed by atoms with Crippen LogP contribution in [0.3, 0.4) is 0 Å². The summed E-state index contributed by atoms with van der Waals surface area (Å²) < 4.78 is 10.2. The Bertz CT molecular complexity index is 351. The van der Waals surface area contributed by atoms with Crippen molar-refractivity contribution in [3.05, 3.63) is 11.6 Å². The SMILES string of the molecule is N#C/C(=C\COC1OC(CO)C(O)C(O)C1O)CO. The van der Waals surface area contributed by atoms with Gasteiger partial charge in [-0.2, -0.15) is 5.26 Å². The van der Waals surface area contributed by atoms with Gasteiger partial charge in [-0.15, -0.1) is 0 Å². The van der Waals surface area contributed by atoms with Crippen LogP contribution in [0.2, 0.25) is 0 Å². The zero-order valence-electron chi connectivity index (χ0n) is 10.1. The Morgan fingerprint density at radius 2 is 1.89 bits per heavy atom. The third-order valence-corrected chi connectivity index (χ3v) is 2.75. The second-order valence-corrected chi connectivity index (χ2v) is 4.03. The van der Waals surface area contributed by atoms with E-state index in [1.807, 2.05) is 0 Å². The summed E-state index contributed by atoms with van der Waals surface area (Å²) in [5, 5.41) is 54.9. The third-order valence-electron chi connectivity index (χ3n) is 2.75. The predicted octanol–water partition coefficient (Wildman–Crippen LogP) is -2.75. The van der Waals surface area contributed by atoms with Crippen molar-refractivity contribution in [2.45, 2.75) is 30.7 Å². The maximum Gasteiger partial charge on any atom is 0.187 e. The third kappa shape index (κ3) is 3.95. The molecule has 1 saturated heterocycles. The van der Waals surface area contributed by atoms with Crippen molar-refractivity contribution < 1.29 is 35.0 Å². The Balaban J connectivity index is 2.58. The summed E-state index contributed by atoms with van der Waals surface area (Å²) >= 11 is 0. The van der Waals surface area contributed by atoms with E-state index in [4.69, 9.17) is 24.9 Å². The van der Waals surface area contributed by atoms with Gasteiger partial charge in [-0.05, 0) is 6.08 Å². The summed E-state index contributed by atoms with van der Waals surface area (Å²) in [4.78, 5) is 0. The molecular weight excluding hydrogens is 258 g/mol. The maximum absolute atomic E-state index is 9.62. The van der Waals surface area contributed by atoms with Gasteiger partial charge in [0.2, 0.25) is 0 Å². The average molecular weight is 275 g/mol. The number of hydrogen-bond acceptors (Lipinski definition) is 8. The molecule has 1 heterocycles. The summed E-state index contributed by atoms with van der Waals surface area (Å²) in [7, 11) is 0. The van der Waals surface area contributed by atoms with E-state index in [2.05, 4.69) is 0 Å². The van der Waals surface area contributed by atoms with Gasteiger partial charge < -0.3 is 35.0 Å². The molecule has 1 rings (SSSR count). The van der Waals surface area contributed by atoms with Gasteiger partial charge >= 0.3 is 0 Å². The number of hydrogen-bond donors (Lipinski definition) is 5. The first-order valence-corrected chi connectivity index (χ1v) is 5.67. The first kappa shape index (κ1) is 16.0. The molecule has 1 aliphatic heterocycles. The number of ether oxygens (including phenoxy) is 2. The summed E-state index contributed by atoms with van der Waals surface area (Å²) in [6, 6.07) is 1.73. The Labute approximate surface area is 109 Å². The van der Waals surface area contributed by atoms with E-state index in [0.29, 0.717) is 0 Å². The second-order valence-electron chi connectivity index (χ2n) is 4.03. The molecule has 0 aromatic heterocycles. The molecule has 5 N–H and O–H groups in total. The lowest BCUT2D eigenvalue weighted by molar-refractivity contribution is -0.298. The van der Waals surface area contributed by atoms with E-state index < -0.39 is 43.9 Å². The fraction of sp³-hybridized carbons (Fsp3) is 0.727. The van der Waals surface area contributed by atoms with Crippen molar-refractivity contribution in [2.24, 2.45) is 0 Å². The van der Waals surface area contributed by atoms with Crippen molar-refractivity contribution in [3.63, 3.8) is 0 Å². The minimum absolute atomic E-state index is 0.0876. The lowest BCUT2D eigenvalue weighted by Gasteiger charge is -2.39. The molecule has 8 nitrogen and oxygen atoms in total. The summed E-state index contributed by atoms with van der Waals surface area (Å²) in [6.07, 6.45) is -5.42. The average Bonchev–Trinajstić information content (AvgIpc) is 2.43. The zero-order valence-corrected chi connectivity index (χ0v) is 10.1. The van der Waals surface area contributed by atoms with Crippen LogP contribution >= 0.6 is 0 Å². The van der Waals surface area contributed by atoms with E-state index in [0.717, 1.165) is 0 Å². The Hall–Kier alpha value is -1.05. The molecule has 0 aliphatic carbocycles. The van der Waals surface area contributed by atoms with Crippen molar-refractivity contribution in [3.8, 4) is 6.07 Å². The number of rotatable bonds is 5. The number of aliphatic hydroxyl groups is 5. The molecule has 0 amide bonds. The molecule has 1 fully saturated rings. The van der Waals surface area contributed by atoms with E-state index in [9.17, 15) is 15.3 Å². The molecule has 0 bridgehead atoms. The van der Waals surface area contributed by atoms with E-state index in [-0.39, 0.29) is 12.2 Å². The quantitative estimate of drug-likeness (QED) is 0.340. The van der Waals surface area contributed by atoms with Crippen LogP contribution in [0.1, 0.15) is 0 Å². The molecule has 0 aromatic carbocycles. The molecule has 0 saturated carbocycles. The lowest BCUT2D eigenvalue weighted by atomic mass is 9.99. The van der Waals surface area contributed by atoms with Gasteiger partial charge in [0.1, 0.15) is 24.4 Å². The molecule has 19 heavy (non-hydrogen) atoms. The summed E-state index contributed by atoms with van der Waals surface area (Å²) in [5.74, 6) is 0. The first-order valence-electron chi connectivity index (χ1n) is 5.67. The van der Waals surface area contributed by atoms with Crippen LogP contribution in [0, 0.1) is 11.3 Å². The highest BCUT2D eigenvalue weighted by molar-refractivity contribution is 5.20. The van der Waals surface area contributed by atoms with Gasteiger partial charge in [-0.1, -0.05) is 0 Å². The number of nitrogens with zero attached hydrogens (tertiary/aromatic N) is 1. The van der Waals surface area contributed by atoms with Crippen molar-refractivity contribution >= 4 is 0 Å². The number of nitriles is 1. The second kappa shape index (κ2) is 7.52. The standard InChI is InChI=1S/C11H17NO7/c12-3-6(4-13)1-2-18-11-10(17)9(16)8(15)7(5-14)19-11/h1,7-11,13-17H,2,4-5H2/b6-1+. The normalized spacial score (nSPS) is 36.0. The monoisotopic (exact) mass is 275 g/mol. The Morgan fingerprint density at radius 1 is 1.21 bits per heavy atom. The van der Waals surface area contributed by atoms with Crippen molar-refractivity contribution in [1.29, 1.82) is 5.26 Å². The highest BCUT2D eigenvalue weighted by Gasteiger charge is 2.43. The van der Waals surface area contributed by atoms with Crippen LogP contribution < -0.4 is 0 Å². The van der Waals surface area contributed by atoms with Crippen molar-refractivity contribution in [2.75, 3.05) is 19.8 Å². The van der Waals surface area contributed by atoms with Gasteiger partial charge in [0.05, 0.1) is 31.5 Å². The molecule has 5 atom stereocenters. The lowest BCUT2D eigenvalue weighted by Crippen LogP contribution is -2.59. The van der Waals surface area contributed by atoms with Gasteiger partial charge in [-0.3, -0.25) is 0 Å². The zero-order chi connectivity index (χ0) is 14.4. The highest BCUT2D eigenvalue weighted by Crippen LogP contribution is 2.21. The fourth-order valence-electron chi connectivity index (χ4n) is 1.59. The Kier molecular flexibility index (Phi) is 6.33. The van der Waals surface area contributed by atoms with Crippen molar-refractivity contribution in [1.82, 2.24) is 0 Å². The van der Waals surface area contributed by atoms with Gasteiger partial charge in [0.25, 0.3) is 0 Å². The van der Waals surface area contributed by atoms with Crippen LogP contribution in [0.5, 0.6) is 0 Å². The minimum Gasteiger partial charge on any atom is -0.394 e. The van der Waals surface area contributed by atoms with Gasteiger partial charge in [0.15, 0.2) is 6.29 Å². The molecule has 0 aromatic rings. The molecule has 8 heteroatoms. The topological polar surface area (TPSA) is 143 Å². The molecule has 1 aliphatic rings. The van der Waals surface area contributed by atoms with Crippen LogP contribution in [0.25, 0.3) is 0 Å². The number of aliphatic hydroxyl groups excluding tert-OH is 5. The van der Waals surface area contributed by atoms with E-state index >= 15 is 0 Å². The highest BCUT2D eigenvalue weighted by atomic mass is 16.7. The van der Waals surface area contributed by atoms with Crippen LogP contribution in [0.4, 0.5) is 0 Å². The summed E-state index contributed by atoms with van der Waals surface area (Å²) in [5.41, 5.74) is 0.0876. The van der Waals surface area contributed by atoms with Crippen LogP contribution in [-0.2, 0) is 9.47 Å². The minimum atomic E-state index is -1.51. The summed E-state index contributed by atoms with van der Waals surface area (Å²) in [6.45, 7) is -1.11. The first-order chi connectivity index (χ1) is 9.04. The predicted molar refractivity (Wildman–Crippen MR) is 60.5 cm³/mol. The Morgan fingerprint density at radius 3 is 2.42 bits per heavy atom. The molecule has 0 spiro atoms. The van der Waals surface area contributed by atoms with E-state index in [1.54, 1.807) is 6.07 Å². The fourth-order valence-corrected chi connectivity index (χ4v) is 1.59.